The molecule has 0 unspecified atom stereocenters. The van der Waals surface area contributed by atoms with E-state index in [1.54, 1.807) is 24.4 Å². The fourth-order valence-corrected chi connectivity index (χ4v) is 2.18. The van der Waals surface area contributed by atoms with Crippen LogP contribution in [0.3, 0.4) is 0 Å². The van der Waals surface area contributed by atoms with Crippen LogP contribution in [-0.4, -0.2) is 11.6 Å². The zero-order valence-corrected chi connectivity index (χ0v) is 10.3. The van der Waals surface area contributed by atoms with E-state index in [0.29, 0.717) is 16.6 Å². The van der Waals surface area contributed by atoms with Crippen LogP contribution in [0, 0.1) is 0 Å². The number of fused-ring (bicyclic) bond motifs is 2. The average molecular weight is 260 g/mol. The molecule has 0 saturated carbocycles. The summed E-state index contributed by atoms with van der Waals surface area (Å²) in [7, 11) is 0. The van der Waals surface area contributed by atoms with Gasteiger partial charge in [0.1, 0.15) is 0 Å². The van der Waals surface area contributed by atoms with Crippen LogP contribution < -0.4 is 10.6 Å². The highest BCUT2D eigenvalue weighted by atomic mass is 16.1. The first kappa shape index (κ1) is 10.9. The minimum Gasteiger partial charge on any atom is -0.285 e. The molecule has 94 valence electrons. The van der Waals surface area contributed by atoms with Crippen molar-refractivity contribution in [2.45, 2.75) is 0 Å². The normalized spacial score (nSPS) is 14.1. The second kappa shape index (κ2) is 4.03. The van der Waals surface area contributed by atoms with Crippen LogP contribution in [-0.2, 0) is 0 Å². The molecule has 5 heteroatoms. The molecule has 0 N–H and O–H groups in total. The van der Waals surface area contributed by atoms with Crippen LogP contribution in [0.4, 0.5) is 11.4 Å². The number of amidine groups is 1. The van der Waals surface area contributed by atoms with E-state index < -0.39 is 0 Å². The Morgan fingerprint density at radius 1 is 0.950 bits per heavy atom. The van der Waals surface area contributed by atoms with Gasteiger partial charge in [0, 0.05) is 10.8 Å². The van der Waals surface area contributed by atoms with E-state index in [4.69, 9.17) is 0 Å². The van der Waals surface area contributed by atoms with Crippen molar-refractivity contribution in [2.24, 2.45) is 20.2 Å². The van der Waals surface area contributed by atoms with Gasteiger partial charge < -0.3 is 0 Å². The van der Waals surface area contributed by atoms with Crippen molar-refractivity contribution in [3.8, 4) is 0 Å². The standard InChI is InChI=1S/C15H8N4O/c20-14(9-4-2-1-3-5-9)15-17-12-6-10-8-16-19-11(10)7-13(12)18-15/h1-8H. The Morgan fingerprint density at radius 2 is 1.80 bits per heavy atom. The highest BCUT2D eigenvalue weighted by Crippen LogP contribution is 2.17. The second-order valence-electron chi connectivity index (χ2n) is 4.49. The van der Waals surface area contributed by atoms with E-state index in [2.05, 4.69) is 20.2 Å². The summed E-state index contributed by atoms with van der Waals surface area (Å²) in [4.78, 5) is 20.9. The summed E-state index contributed by atoms with van der Waals surface area (Å²) in [6, 6.07) is 12.7. The molecule has 0 saturated heterocycles. The zero-order valence-electron chi connectivity index (χ0n) is 10.3. The van der Waals surface area contributed by atoms with E-state index in [0.717, 1.165) is 10.9 Å². The van der Waals surface area contributed by atoms with Gasteiger partial charge in [0.15, 0.2) is 0 Å². The minimum absolute atomic E-state index is 0.174. The van der Waals surface area contributed by atoms with E-state index in [1.807, 2.05) is 24.3 Å². The molecule has 0 amide bonds. The number of hydrogen-bond acceptors (Lipinski definition) is 5. The van der Waals surface area contributed by atoms with Crippen LogP contribution in [0.5, 0.6) is 0 Å². The monoisotopic (exact) mass is 260 g/mol. The number of rotatable bonds is 2. The van der Waals surface area contributed by atoms with Gasteiger partial charge in [0.05, 0.1) is 22.9 Å². The predicted molar refractivity (Wildman–Crippen MR) is 74.1 cm³/mol. The number of hydrogen-bond donors (Lipinski definition) is 0. The number of azo groups is 1. The Bertz CT molecular complexity index is 911. The molecule has 2 aromatic rings. The Kier molecular flexibility index (Phi) is 2.20. The molecule has 0 bridgehead atoms. The van der Waals surface area contributed by atoms with Crippen LogP contribution in [0.15, 0.2) is 62.7 Å². The van der Waals surface area contributed by atoms with Gasteiger partial charge in [0.25, 0.3) is 0 Å². The van der Waals surface area contributed by atoms with Gasteiger partial charge in [-0.15, -0.1) is 0 Å². The van der Waals surface area contributed by atoms with Gasteiger partial charge >= 0.3 is 0 Å². The molecule has 0 aliphatic carbocycles. The van der Waals surface area contributed by atoms with Crippen molar-refractivity contribution in [3.05, 3.63) is 58.6 Å². The first-order chi connectivity index (χ1) is 9.81. The van der Waals surface area contributed by atoms with Crippen LogP contribution in [0.2, 0.25) is 0 Å². The second-order valence-corrected chi connectivity index (χ2v) is 4.49. The van der Waals surface area contributed by atoms with Crippen LogP contribution in [0.1, 0.15) is 10.4 Å². The highest BCUT2D eigenvalue weighted by molar-refractivity contribution is 6.46. The minimum atomic E-state index is -0.174. The quantitative estimate of drug-likeness (QED) is 0.762. The number of ketones is 1. The highest BCUT2D eigenvalue weighted by Gasteiger charge is 2.18. The number of Topliss-reactive ketones (excluding diaryl/α,β-unsaturated/α-hetero) is 1. The van der Waals surface area contributed by atoms with Crippen molar-refractivity contribution in [3.63, 3.8) is 0 Å². The first-order valence-electron chi connectivity index (χ1n) is 6.13. The van der Waals surface area contributed by atoms with E-state index in [1.165, 1.54) is 0 Å². The molecule has 0 radical (unpaired) electrons. The lowest BCUT2D eigenvalue weighted by Crippen LogP contribution is -2.12. The molecule has 2 aliphatic heterocycles. The maximum Gasteiger partial charge on any atom is 0.230 e. The molecule has 20 heavy (non-hydrogen) atoms. The Balaban J connectivity index is 1.79. The summed E-state index contributed by atoms with van der Waals surface area (Å²) in [5.74, 6) is 0.0411. The predicted octanol–water partition coefficient (Wildman–Crippen LogP) is 2.07. The fourth-order valence-electron chi connectivity index (χ4n) is 2.18. The Morgan fingerprint density at radius 3 is 2.65 bits per heavy atom. The van der Waals surface area contributed by atoms with Crippen molar-refractivity contribution < 1.29 is 4.79 Å². The van der Waals surface area contributed by atoms with Crippen molar-refractivity contribution in [1.29, 1.82) is 0 Å². The van der Waals surface area contributed by atoms with Gasteiger partial charge in [-0.1, -0.05) is 30.3 Å². The Labute approximate surface area is 113 Å². The lowest BCUT2D eigenvalue weighted by atomic mass is 10.1. The topological polar surface area (TPSA) is 66.5 Å². The van der Waals surface area contributed by atoms with Gasteiger partial charge in [-0.2, -0.15) is 10.2 Å². The third kappa shape index (κ3) is 1.60. The summed E-state index contributed by atoms with van der Waals surface area (Å²) in [6.45, 7) is 0. The molecule has 0 atom stereocenters. The van der Waals surface area contributed by atoms with Crippen LogP contribution >= 0.6 is 0 Å². The van der Waals surface area contributed by atoms with Crippen molar-refractivity contribution >= 4 is 29.2 Å². The fraction of sp³-hybridized carbons (Fsp3) is 0. The molecule has 2 aromatic carbocycles. The van der Waals surface area contributed by atoms with Gasteiger partial charge in [-0.3, -0.25) is 4.79 Å². The van der Waals surface area contributed by atoms with Crippen molar-refractivity contribution in [2.75, 3.05) is 0 Å². The molecule has 2 aliphatic rings. The molecular formula is C15H8N4O. The molecule has 2 heterocycles. The lowest BCUT2D eigenvalue weighted by molar-refractivity contribution is 0.106. The third-order valence-corrected chi connectivity index (χ3v) is 3.18. The molecular weight excluding hydrogens is 252 g/mol. The molecule has 0 aromatic heterocycles. The van der Waals surface area contributed by atoms with Crippen LogP contribution in [0.25, 0.3) is 6.20 Å². The Hall–Kier alpha value is -2.95. The third-order valence-electron chi connectivity index (χ3n) is 3.18. The molecule has 0 fully saturated rings. The van der Waals surface area contributed by atoms with E-state index in [-0.39, 0.29) is 11.6 Å². The summed E-state index contributed by atoms with van der Waals surface area (Å²) < 4.78 is 0. The van der Waals surface area contributed by atoms with Gasteiger partial charge in [-0.05, 0) is 12.1 Å². The summed E-state index contributed by atoms with van der Waals surface area (Å²) >= 11 is 0. The SMILES string of the molecule is O=C(C1=Nc2cc3c(cc2=N1)N=NC=3)c1ccccc1. The summed E-state index contributed by atoms with van der Waals surface area (Å²) in [5, 5.41) is 9.38. The summed E-state index contributed by atoms with van der Waals surface area (Å²) in [5.41, 5.74) is 2.03. The zero-order chi connectivity index (χ0) is 13.5. The maximum atomic E-state index is 12.3. The lowest BCUT2D eigenvalue weighted by Gasteiger charge is -1.96. The number of benzene rings is 2. The van der Waals surface area contributed by atoms with Gasteiger partial charge in [-0.25, -0.2) is 9.98 Å². The largest absolute Gasteiger partial charge is 0.285 e. The van der Waals surface area contributed by atoms with Gasteiger partial charge in [0.2, 0.25) is 11.6 Å². The maximum absolute atomic E-state index is 12.3. The smallest absolute Gasteiger partial charge is 0.230 e. The average Bonchev–Trinajstić information content (AvgIpc) is 3.10. The molecule has 0 spiro atoms. The summed E-state index contributed by atoms with van der Waals surface area (Å²) in [6.07, 6.45) is 1.67. The number of nitrogens with zero attached hydrogens (tertiary/aromatic N) is 4. The van der Waals surface area contributed by atoms with E-state index >= 15 is 0 Å². The first-order valence-corrected chi connectivity index (χ1v) is 6.13. The number of carbonyl (C=O) groups is 1. The number of carbonyl (C=O) groups excluding carboxylic acids is 1. The molecule has 4 rings (SSSR count). The van der Waals surface area contributed by atoms with Crippen molar-refractivity contribution in [1.82, 2.24) is 0 Å². The molecule has 5 nitrogen and oxygen atoms in total. The number of aliphatic imine (C=N–C) groups is 1. The van der Waals surface area contributed by atoms with E-state index in [9.17, 15) is 4.79 Å².